The van der Waals surface area contributed by atoms with Crippen LogP contribution in [0.2, 0.25) is 0 Å². The monoisotopic (exact) mass is 328 g/mol. The zero-order valence-electron chi connectivity index (χ0n) is 13.8. The van der Waals surface area contributed by atoms with Gasteiger partial charge in [-0.3, -0.25) is 9.59 Å². The molecule has 2 aromatic heterocycles. The highest BCUT2D eigenvalue weighted by atomic mass is 16.2. The molecule has 126 valence electrons. The fourth-order valence-corrected chi connectivity index (χ4v) is 2.67. The summed E-state index contributed by atoms with van der Waals surface area (Å²) in [5.74, 6) is 1.11. The maximum atomic E-state index is 12.2. The molecule has 1 aliphatic rings. The molecule has 0 spiro atoms. The smallest absolute Gasteiger partial charge is 0.272 e. The average Bonchev–Trinajstić information content (AvgIpc) is 3.09. The van der Waals surface area contributed by atoms with Crippen LogP contribution in [0, 0.1) is 6.92 Å². The van der Waals surface area contributed by atoms with E-state index in [4.69, 9.17) is 0 Å². The van der Waals surface area contributed by atoms with E-state index in [1.165, 1.54) is 32.0 Å². The number of carbonyl (C=O) groups excluding carboxylic acids is 1. The fraction of sp³-hybridized carbons (Fsp3) is 0.438. The summed E-state index contributed by atoms with van der Waals surface area (Å²) in [5, 5.41) is 6.67. The molecule has 0 atom stereocenters. The van der Waals surface area contributed by atoms with Crippen LogP contribution in [0.15, 0.2) is 23.0 Å². The SMILES string of the molecule is Cc1cc(N2CCCC2)nc(CNC(=O)c2ccc(=O)n(C)n2)n1. The molecule has 1 N–H and O–H groups in total. The van der Waals surface area contributed by atoms with Crippen molar-refractivity contribution in [1.29, 1.82) is 0 Å². The predicted molar refractivity (Wildman–Crippen MR) is 88.9 cm³/mol. The number of aryl methyl sites for hydroxylation is 2. The minimum atomic E-state index is -0.363. The Morgan fingerprint density at radius 3 is 2.71 bits per heavy atom. The van der Waals surface area contributed by atoms with Crippen LogP contribution >= 0.6 is 0 Å². The van der Waals surface area contributed by atoms with Crippen LogP contribution in [0.5, 0.6) is 0 Å². The Hall–Kier alpha value is -2.77. The molecule has 1 saturated heterocycles. The first-order chi connectivity index (χ1) is 11.5. The second kappa shape index (κ2) is 6.77. The third-order valence-electron chi connectivity index (χ3n) is 3.92. The van der Waals surface area contributed by atoms with Gasteiger partial charge >= 0.3 is 0 Å². The maximum absolute atomic E-state index is 12.2. The molecule has 0 aromatic carbocycles. The van der Waals surface area contributed by atoms with Crippen molar-refractivity contribution >= 4 is 11.7 Å². The van der Waals surface area contributed by atoms with Gasteiger partial charge in [-0.05, 0) is 25.8 Å². The highest BCUT2D eigenvalue weighted by Gasteiger charge is 2.15. The fourth-order valence-electron chi connectivity index (χ4n) is 2.67. The summed E-state index contributed by atoms with van der Waals surface area (Å²) in [6, 6.07) is 4.69. The second-order valence-corrected chi connectivity index (χ2v) is 5.84. The molecule has 1 amide bonds. The molecule has 0 aliphatic carbocycles. The molecule has 3 heterocycles. The molecule has 24 heavy (non-hydrogen) atoms. The lowest BCUT2D eigenvalue weighted by Gasteiger charge is -2.17. The molecule has 8 nitrogen and oxygen atoms in total. The minimum Gasteiger partial charge on any atom is -0.357 e. The van der Waals surface area contributed by atoms with Crippen molar-refractivity contribution in [2.75, 3.05) is 18.0 Å². The summed E-state index contributed by atoms with van der Waals surface area (Å²) < 4.78 is 1.13. The molecule has 3 rings (SSSR count). The lowest BCUT2D eigenvalue weighted by molar-refractivity contribution is 0.0942. The van der Waals surface area contributed by atoms with Crippen molar-refractivity contribution in [2.45, 2.75) is 26.3 Å². The van der Waals surface area contributed by atoms with E-state index in [1.54, 1.807) is 0 Å². The Labute approximate surface area is 139 Å². The van der Waals surface area contributed by atoms with Gasteiger partial charge in [-0.2, -0.15) is 5.10 Å². The summed E-state index contributed by atoms with van der Waals surface area (Å²) in [7, 11) is 1.51. The molecule has 1 aliphatic heterocycles. The first-order valence-electron chi connectivity index (χ1n) is 7.95. The first-order valence-corrected chi connectivity index (χ1v) is 7.95. The Balaban J connectivity index is 1.70. The zero-order chi connectivity index (χ0) is 17.1. The molecular weight excluding hydrogens is 308 g/mol. The van der Waals surface area contributed by atoms with Crippen LogP contribution in [0.25, 0.3) is 0 Å². The van der Waals surface area contributed by atoms with Gasteiger partial charge in [-0.1, -0.05) is 0 Å². The number of rotatable bonds is 4. The van der Waals surface area contributed by atoms with Crippen molar-refractivity contribution in [1.82, 2.24) is 25.1 Å². The largest absolute Gasteiger partial charge is 0.357 e. The van der Waals surface area contributed by atoms with E-state index >= 15 is 0 Å². The average molecular weight is 328 g/mol. The highest BCUT2D eigenvalue weighted by molar-refractivity contribution is 5.91. The normalized spacial score (nSPS) is 14.0. The van der Waals surface area contributed by atoms with E-state index in [9.17, 15) is 9.59 Å². The van der Waals surface area contributed by atoms with Crippen molar-refractivity contribution in [2.24, 2.45) is 7.05 Å². The van der Waals surface area contributed by atoms with E-state index in [1.807, 2.05) is 13.0 Å². The summed E-state index contributed by atoms with van der Waals surface area (Å²) in [4.78, 5) is 34.6. The number of hydrogen-bond acceptors (Lipinski definition) is 6. The molecule has 1 fully saturated rings. The van der Waals surface area contributed by atoms with Gasteiger partial charge in [0.15, 0.2) is 0 Å². The predicted octanol–water partition coefficient (Wildman–Crippen LogP) is 0.409. The van der Waals surface area contributed by atoms with Gasteiger partial charge in [0.2, 0.25) is 0 Å². The Morgan fingerprint density at radius 1 is 1.25 bits per heavy atom. The van der Waals surface area contributed by atoms with Gasteiger partial charge in [-0.25, -0.2) is 14.6 Å². The Bertz CT molecular complexity index is 810. The number of nitrogens with one attached hydrogen (secondary N) is 1. The van der Waals surface area contributed by atoms with Crippen LogP contribution in [0.1, 0.15) is 34.8 Å². The third-order valence-corrected chi connectivity index (χ3v) is 3.92. The van der Waals surface area contributed by atoms with Gasteiger partial charge < -0.3 is 10.2 Å². The number of carbonyl (C=O) groups is 1. The second-order valence-electron chi connectivity index (χ2n) is 5.84. The number of nitrogens with zero attached hydrogens (tertiary/aromatic N) is 5. The van der Waals surface area contributed by atoms with Gasteiger partial charge in [0.25, 0.3) is 11.5 Å². The van der Waals surface area contributed by atoms with Crippen molar-refractivity contribution in [3.63, 3.8) is 0 Å². The number of hydrogen-bond donors (Lipinski definition) is 1. The Morgan fingerprint density at radius 2 is 2.00 bits per heavy atom. The summed E-state index contributed by atoms with van der Waals surface area (Å²) in [6.07, 6.45) is 2.35. The van der Waals surface area contributed by atoms with Gasteiger partial charge in [0, 0.05) is 38.0 Å². The van der Waals surface area contributed by atoms with Crippen LogP contribution < -0.4 is 15.8 Å². The molecule has 0 radical (unpaired) electrons. The van der Waals surface area contributed by atoms with Crippen molar-refractivity contribution < 1.29 is 4.79 Å². The van der Waals surface area contributed by atoms with E-state index < -0.39 is 0 Å². The van der Waals surface area contributed by atoms with E-state index in [2.05, 4.69) is 25.3 Å². The van der Waals surface area contributed by atoms with Crippen LogP contribution in [0.4, 0.5) is 5.82 Å². The number of amides is 1. The minimum absolute atomic E-state index is 0.185. The highest BCUT2D eigenvalue weighted by Crippen LogP contribution is 2.18. The Kier molecular flexibility index (Phi) is 4.54. The number of aromatic nitrogens is 4. The zero-order valence-corrected chi connectivity index (χ0v) is 13.8. The van der Waals surface area contributed by atoms with Crippen molar-refractivity contribution in [3.8, 4) is 0 Å². The van der Waals surface area contributed by atoms with Gasteiger partial charge in [0.1, 0.15) is 17.3 Å². The standard InChI is InChI=1S/C16H20N6O2/c1-11-9-14(22-7-3-4-8-22)19-13(18-11)10-17-16(24)12-5-6-15(23)21(2)20-12/h5-6,9H,3-4,7-8,10H2,1-2H3,(H,17,24). The molecular formula is C16H20N6O2. The summed E-state index contributed by atoms with van der Waals surface area (Å²) in [6.45, 7) is 4.14. The molecule has 0 saturated carbocycles. The lowest BCUT2D eigenvalue weighted by atomic mass is 10.3. The van der Waals surface area contributed by atoms with Gasteiger partial charge in [-0.15, -0.1) is 0 Å². The van der Waals surface area contributed by atoms with Crippen molar-refractivity contribution in [3.05, 3.63) is 45.8 Å². The first kappa shape index (κ1) is 16.1. The molecule has 8 heteroatoms. The van der Waals surface area contributed by atoms with Crippen LogP contribution in [-0.2, 0) is 13.6 Å². The van der Waals surface area contributed by atoms with Crippen LogP contribution in [-0.4, -0.2) is 38.7 Å². The third kappa shape index (κ3) is 3.58. The maximum Gasteiger partial charge on any atom is 0.272 e. The number of anilines is 1. The summed E-state index contributed by atoms with van der Waals surface area (Å²) in [5.41, 5.74) is 0.796. The van der Waals surface area contributed by atoms with Gasteiger partial charge in [0.05, 0.1) is 6.54 Å². The quantitative estimate of drug-likeness (QED) is 0.874. The topological polar surface area (TPSA) is 93.0 Å². The van der Waals surface area contributed by atoms with Crippen LogP contribution in [0.3, 0.4) is 0 Å². The lowest BCUT2D eigenvalue weighted by Crippen LogP contribution is -2.29. The van der Waals surface area contributed by atoms with E-state index in [0.717, 1.165) is 29.3 Å². The summed E-state index contributed by atoms with van der Waals surface area (Å²) >= 11 is 0. The molecule has 2 aromatic rings. The van der Waals surface area contributed by atoms with E-state index in [-0.39, 0.29) is 23.7 Å². The van der Waals surface area contributed by atoms with E-state index in [0.29, 0.717) is 5.82 Å². The molecule has 0 bridgehead atoms. The molecule has 0 unspecified atom stereocenters.